The van der Waals surface area contributed by atoms with Crippen LogP contribution in [0.5, 0.6) is 0 Å². The van der Waals surface area contributed by atoms with Gasteiger partial charge in [0.1, 0.15) is 0 Å². The second-order valence-corrected chi connectivity index (χ2v) is 4.84. The van der Waals surface area contributed by atoms with Gasteiger partial charge in [0, 0.05) is 28.9 Å². The minimum absolute atomic E-state index is 0.642. The van der Waals surface area contributed by atoms with E-state index in [0.29, 0.717) is 5.25 Å². The number of aromatic nitrogens is 1. The second-order valence-electron chi connectivity index (χ2n) is 3.57. The van der Waals surface area contributed by atoms with Crippen molar-refractivity contribution in [3.05, 3.63) is 23.5 Å². The Morgan fingerprint density at radius 3 is 2.43 bits per heavy atom. The number of hydrogen-bond donors (Lipinski definition) is 1. The summed E-state index contributed by atoms with van der Waals surface area (Å²) in [6, 6.07) is 4.17. The summed E-state index contributed by atoms with van der Waals surface area (Å²) in [5.41, 5.74) is 3.32. The summed E-state index contributed by atoms with van der Waals surface area (Å²) in [7, 11) is 0. The first-order valence-corrected chi connectivity index (χ1v) is 6.12. The maximum atomic E-state index is 4.34. The highest BCUT2D eigenvalue weighted by molar-refractivity contribution is 7.99. The molecule has 1 heterocycles. The zero-order chi connectivity index (χ0) is 10.6. The third-order valence-corrected chi connectivity index (χ3v) is 3.05. The highest BCUT2D eigenvalue weighted by Crippen LogP contribution is 2.12. The van der Waals surface area contributed by atoms with Crippen LogP contribution in [-0.4, -0.2) is 23.0 Å². The maximum absolute atomic E-state index is 4.34. The van der Waals surface area contributed by atoms with Crippen molar-refractivity contribution in [3.63, 3.8) is 0 Å². The summed E-state index contributed by atoms with van der Waals surface area (Å²) in [5.74, 6) is 0. The fraction of sp³-hybridized carbons (Fsp3) is 0.545. The van der Waals surface area contributed by atoms with Crippen LogP contribution in [0.1, 0.15) is 18.3 Å². The summed E-state index contributed by atoms with van der Waals surface area (Å²) in [6.07, 6.45) is 2.13. The molecule has 14 heavy (non-hydrogen) atoms. The van der Waals surface area contributed by atoms with Crippen molar-refractivity contribution < 1.29 is 0 Å². The highest BCUT2D eigenvalue weighted by atomic mass is 32.2. The number of rotatable bonds is 4. The smallest absolute Gasteiger partial charge is 0.0396 e. The van der Waals surface area contributed by atoms with Crippen molar-refractivity contribution in [2.75, 3.05) is 18.1 Å². The van der Waals surface area contributed by atoms with Gasteiger partial charge in [0.25, 0.3) is 0 Å². The average molecular weight is 210 g/mol. The number of thioether (sulfide) groups is 1. The molecule has 0 amide bonds. The number of aryl methyl sites for hydroxylation is 2. The van der Waals surface area contributed by atoms with E-state index in [0.717, 1.165) is 17.9 Å². The van der Waals surface area contributed by atoms with Crippen molar-refractivity contribution >= 4 is 17.4 Å². The normalized spacial score (nSPS) is 12.6. The molecule has 0 saturated carbocycles. The first-order chi connectivity index (χ1) is 6.61. The van der Waals surface area contributed by atoms with E-state index in [9.17, 15) is 0 Å². The first kappa shape index (κ1) is 11.4. The summed E-state index contributed by atoms with van der Waals surface area (Å²) in [4.78, 5) is 4.34. The van der Waals surface area contributed by atoms with E-state index >= 15 is 0 Å². The fourth-order valence-corrected chi connectivity index (χ4v) is 1.53. The predicted octanol–water partition coefficient (Wildman–Crippen LogP) is 2.86. The van der Waals surface area contributed by atoms with Crippen molar-refractivity contribution in [1.29, 1.82) is 0 Å². The van der Waals surface area contributed by atoms with Gasteiger partial charge in [0.05, 0.1) is 0 Å². The van der Waals surface area contributed by atoms with Crippen LogP contribution >= 0.6 is 11.8 Å². The van der Waals surface area contributed by atoms with Crippen LogP contribution in [0.25, 0.3) is 0 Å². The lowest BCUT2D eigenvalue weighted by atomic mass is 10.3. The van der Waals surface area contributed by atoms with E-state index in [2.05, 4.69) is 35.6 Å². The lowest BCUT2D eigenvalue weighted by molar-refractivity contribution is 0.997. The van der Waals surface area contributed by atoms with Gasteiger partial charge in [-0.3, -0.25) is 4.98 Å². The minimum Gasteiger partial charge on any atom is -0.384 e. The first-order valence-electron chi connectivity index (χ1n) is 4.84. The third kappa shape index (κ3) is 3.58. The molecule has 0 aromatic carbocycles. The van der Waals surface area contributed by atoms with Gasteiger partial charge in [-0.05, 0) is 32.2 Å². The summed E-state index contributed by atoms with van der Waals surface area (Å²) < 4.78 is 0. The van der Waals surface area contributed by atoms with Gasteiger partial charge in [-0.15, -0.1) is 0 Å². The quantitative estimate of drug-likeness (QED) is 0.827. The molecule has 0 bridgehead atoms. The Kier molecular flexibility index (Phi) is 4.26. The van der Waals surface area contributed by atoms with E-state index in [1.807, 2.05) is 25.6 Å². The Balaban J connectivity index is 2.58. The molecule has 1 aromatic heterocycles. The number of anilines is 1. The largest absolute Gasteiger partial charge is 0.384 e. The average Bonchev–Trinajstić information content (AvgIpc) is 2.12. The monoisotopic (exact) mass is 210 g/mol. The van der Waals surface area contributed by atoms with Crippen LogP contribution < -0.4 is 5.32 Å². The number of nitrogens with one attached hydrogen (secondary N) is 1. The van der Waals surface area contributed by atoms with Crippen LogP contribution in [0.3, 0.4) is 0 Å². The fourth-order valence-electron chi connectivity index (χ4n) is 1.28. The molecule has 78 valence electrons. The van der Waals surface area contributed by atoms with Crippen molar-refractivity contribution in [3.8, 4) is 0 Å². The van der Waals surface area contributed by atoms with Gasteiger partial charge in [-0.25, -0.2) is 0 Å². The van der Waals surface area contributed by atoms with Gasteiger partial charge in [-0.2, -0.15) is 11.8 Å². The molecule has 2 nitrogen and oxygen atoms in total. The van der Waals surface area contributed by atoms with Gasteiger partial charge in [0.2, 0.25) is 0 Å². The Morgan fingerprint density at radius 2 is 1.93 bits per heavy atom. The number of nitrogens with zero attached hydrogens (tertiary/aromatic N) is 1. The van der Waals surface area contributed by atoms with Crippen LogP contribution in [0.4, 0.5) is 5.69 Å². The van der Waals surface area contributed by atoms with E-state index in [1.165, 1.54) is 5.69 Å². The van der Waals surface area contributed by atoms with Crippen LogP contribution in [-0.2, 0) is 0 Å². The predicted molar refractivity (Wildman–Crippen MR) is 65.2 cm³/mol. The van der Waals surface area contributed by atoms with E-state index in [4.69, 9.17) is 0 Å². The molecule has 0 spiro atoms. The zero-order valence-corrected chi connectivity index (χ0v) is 10.1. The molecule has 0 aliphatic carbocycles. The number of hydrogen-bond acceptors (Lipinski definition) is 3. The molecule has 1 atom stereocenters. The zero-order valence-electron chi connectivity index (χ0n) is 9.29. The van der Waals surface area contributed by atoms with Crippen LogP contribution in [0.2, 0.25) is 0 Å². The summed E-state index contributed by atoms with van der Waals surface area (Å²) >= 11 is 1.87. The Hall–Kier alpha value is -0.700. The molecule has 0 radical (unpaired) electrons. The molecule has 1 unspecified atom stereocenters. The topological polar surface area (TPSA) is 24.9 Å². The third-order valence-electron chi connectivity index (χ3n) is 2.08. The van der Waals surface area contributed by atoms with Gasteiger partial charge < -0.3 is 5.32 Å². The Labute approximate surface area is 90.5 Å². The van der Waals surface area contributed by atoms with Crippen LogP contribution in [0.15, 0.2) is 12.1 Å². The molecule has 1 aromatic rings. The minimum atomic E-state index is 0.642. The molecule has 1 N–H and O–H groups in total. The molecular weight excluding hydrogens is 192 g/mol. The standard InChI is InChI=1S/C11H18N2S/c1-8-5-11(6-9(2)13-8)12-7-10(3)14-4/h5-6,10H,7H2,1-4H3,(H,12,13). The molecule has 0 aliphatic heterocycles. The highest BCUT2D eigenvalue weighted by Gasteiger charge is 2.00. The Bertz CT molecular complexity index is 279. The van der Waals surface area contributed by atoms with Gasteiger partial charge in [0.15, 0.2) is 0 Å². The summed E-state index contributed by atoms with van der Waals surface area (Å²) in [5, 5.41) is 4.06. The molecule has 3 heteroatoms. The van der Waals surface area contributed by atoms with E-state index in [1.54, 1.807) is 0 Å². The maximum Gasteiger partial charge on any atom is 0.0396 e. The SMILES string of the molecule is CSC(C)CNc1cc(C)nc(C)c1. The second kappa shape index (κ2) is 5.25. The van der Waals surface area contributed by atoms with Crippen molar-refractivity contribution in [2.45, 2.75) is 26.0 Å². The molecular formula is C11H18N2S. The molecule has 0 aliphatic rings. The lowest BCUT2D eigenvalue weighted by Gasteiger charge is -2.11. The molecule has 1 rings (SSSR count). The van der Waals surface area contributed by atoms with Gasteiger partial charge >= 0.3 is 0 Å². The number of pyridine rings is 1. The van der Waals surface area contributed by atoms with E-state index in [-0.39, 0.29) is 0 Å². The van der Waals surface area contributed by atoms with Crippen LogP contribution in [0, 0.1) is 13.8 Å². The molecule has 0 fully saturated rings. The van der Waals surface area contributed by atoms with E-state index < -0.39 is 0 Å². The lowest BCUT2D eigenvalue weighted by Crippen LogP contribution is -2.12. The molecule has 0 saturated heterocycles. The van der Waals surface area contributed by atoms with Crippen molar-refractivity contribution in [1.82, 2.24) is 4.98 Å². The van der Waals surface area contributed by atoms with Crippen molar-refractivity contribution in [2.24, 2.45) is 0 Å². The summed E-state index contributed by atoms with van der Waals surface area (Å²) in [6.45, 7) is 7.27. The van der Waals surface area contributed by atoms with Gasteiger partial charge in [-0.1, -0.05) is 6.92 Å². The Morgan fingerprint density at radius 1 is 1.36 bits per heavy atom.